The Hall–Kier alpha value is -2.39. The van der Waals surface area contributed by atoms with E-state index in [1.807, 2.05) is 0 Å². The van der Waals surface area contributed by atoms with Crippen LogP contribution in [0.25, 0.3) is 0 Å². The number of ketones is 1. The van der Waals surface area contributed by atoms with Crippen LogP contribution >= 0.6 is 22.9 Å². The Balaban J connectivity index is 2.00. The predicted molar refractivity (Wildman–Crippen MR) is 73.5 cm³/mol. The van der Waals surface area contributed by atoms with Gasteiger partial charge in [-0.05, 0) is 17.7 Å². The summed E-state index contributed by atoms with van der Waals surface area (Å²) < 4.78 is 0.229. The number of rotatable bonds is 3. The maximum atomic E-state index is 12.0. The Morgan fingerprint density at radius 1 is 1.33 bits per heavy atom. The van der Waals surface area contributed by atoms with Crippen LogP contribution in [0.2, 0.25) is 4.47 Å². The van der Waals surface area contributed by atoms with Gasteiger partial charge >= 0.3 is 0 Å². The standard InChI is InChI=1S/C11H5ClN4O4S/c12-11-14-13-8(21-11)4-15-7-2-1-5(16(19)20)3-6(7)9(17)10(15)18/h1-3H,4H2. The monoisotopic (exact) mass is 324 g/mol. The smallest absolute Gasteiger partial charge is 0.298 e. The SMILES string of the molecule is O=C1C(=O)N(Cc2nnc(Cl)s2)c2ccc([N+](=O)[O-])cc21. The summed E-state index contributed by atoms with van der Waals surface area (Å²) in [6, 6.07) is 3.71. The number of nitro benzene ring substituents is 1. The summed E-state index contributed by atoms with van der Waals surface area (Å²) >= 11 is 6.76. The van der Waals surface area contributed by atoms with E-state index in [1.165, 1.54) is 17.0 Å². The lowest BCUT2D eigenvalue weighted by molar-refractivity contribution is -0.384. The van der Waals surface area contributed by atoms with Gasteiger partial charge in [0.1, 0.15) is 5.01 Å². The molecule has 0 radical (unpaired) electrons. The summed E-state index contributed by atoms with van der Waals surface area (Å²) in [5.41, 5.74) is 0.0995. The molecule has 3 rings (SSSR count). The molecule has 8 nitrogen and oxygen atoms in total. The van der Waals surface area contributed by atoms with E-state index in [9.17, 15) is 19.7 Å². The number of amides is 1. The van der Waals surface area contributed by atoms with Gasteiger partial charge in [0, 0.05) is 12.1 Å². The highest BCUT2D eigenvalue weighted by molar-refractivity contribution is 7.15. The number of Topliss-reactive ketones (excluding diaryl/α,β-unsaturated/α-hetero) is 1. The number of anilines is 1. The third kappa shape index (κ3) is 2.26. The van der Waals surface area contributed by atoms with Crippen LogP contribution < -0.4 is 4.90 Å². The fourth-order valence-electron chi connectivity index (χ4n) is 1.99. The lowest BCUT2D eigenvalue weighted by Crippen LogP contribution is -2.29. The second kappa shape index (κ2) is 4.86. The second-order valence-electron chi connectivity index (χ2n) is 4.13. The molecule has 0 saturated carbocycles. The van der Waals surface area contributed by atoms with Gasteiger partial charge in [0.15, 0.2) is 0 Å². The van der Waals surface area contributed by atoms with E-state index in [2.05, 4.69) is 10.2 Å². The van der Waals surface area contributed by atoms with Crippen LogP contribution in [0.15, 0.2) is 18.2 Å². The number of carbonyl (C=O) groups is 2. The van der Waals surface area contributed by atoms with Crippen molar-refractivity contribution >= 4 is 46.0 Å². The number of fused-ring (bicyclic) bond motifs is 1. The molecule has 1 aliphatic rings. The van der Waals surface area contributed by atoms with E-state index < -0.39 is 16.6 Å². The van der Waals surface area contributed by atoms with Crippen molar-refractivity contribution in [3.63, 3.8) is 0 Å². The van der Waals surface area contributed by atoms with Crippen molar-refractivity contribution in [2.45, 2.75) is 6.54 Å². The molecule has 1 aromatic heterocycles. The lowest BCUT2D eigenvalue weighted by atomic mass is 10.1. The maximum Gasteiger partial charge on any atom is 0.299 e. The van der Waals surface area contributed by atoms with E-state index in [0.29, 0.717) is 10.7 Å². The number of aromatic nitrogens is 2. The number of hydrogen-bond donors (Lipinski definition) is 0. The van der Waals surface area contributed by atoms with E-state index in [0.717, 1.165) is 17.4 Å². The Morgan fingerprint density at radius 3 is 2.71 bits per heavy atom. The van der Waals surface area contributed by atoms with Crippen molar-refractivity contribution in [1.29, 1.82) is 0 Å². The molecule has 106 valence electrons. The molecule has 0 fully saturated rings. The minimum atomic E-state index is -0.774. The number of halogens is 1. The molecular formula is C11H5ClN4O4S. The van der Waals surface area contributed by atoms with Crippen molar-refractivity contribution in [2.75, 3.05) is 4.90 Å². The van der Waals surface area contributed by atoms with Gasteiger partial charge in [-0.2, -0.15) is 0 Å². The zero-order chi connectivity index (χ0) is 15.1. The molecule has 1 aromatic carbocycles. The summed E-state index contributed by atoms with van der Waals surface area (Å²) in [4.78, 5) is 35.2. The van der Waals surface area contributed by atoms with Gasteiger partial charge in [-0.3, -0.25) is 24.6 Å². The predicted octanol–water partition coefficient (Wildman–Crippen LogP) is 1.83. The zero-order valence-corrected chi connectivity index (χ0v) is 11.7. The summed E-state index contributed by atoms with van der Waals surface area (Å²) in [5.74, 6) is -1.53. The quantitative estimate of drug-likeness (QED) is 0.484. The molecule has 0 aliphatic carbocycles. The van der Waals surface area contributed by atoms with Crippen LogP contribution in [0.5, 0.6) is 0 Å². The van der Waals surface area contributed by atoms with Gasteiger partial charge < -0.3 is 0 Å². The van der Waals surface area contributed by atoms with Gasteiger partial charge in [-0.1, -0.05) is 11.3 Å². The molecule has 2 heterocycles. The highest BCUT2D eigenvalue weighted by Crippen LogP contribution is 2.33. The molecule has 0 unspecified atom stereocenters. The fourth-order valence-corrected chi connectivity index (χ4v) is 2.85. The summed E-state index contributed by atoms with van der Waals surface area (Å²) in [6.45, 7) is 0.0414. The number of carbonyl (C=O) groups excluding carboxylic acids is 2. The summed E-state index contributed by atoms with van der Waals surface area (Å²) in [6.07, 6.45) is 0. The first-order chi connectivity index (χ1) is 9.97. The third-order valence-electron chi connectivity index (χ3n) is 2.90. The minimum absolute atomic E-state index is 0.0183. The van der Waals surface area contributed by atoms with Crippen LogP contribution in [-0.4, -0.2) is 26.8 Å². The summed E-state index contributed by atoms with van der Waals surface area (Å²) in [7, 11) is 0. The van der Waals surface area contributed by atoms with Crippen LogP contribution in [0.3, 0.4) is 0 Å². The van der Waals surface area contributed by atoms with Gasteiger partial charge in [0.2, 0.25) is 4.47 Å². The minimum Gasteiger partial charge on any atom is -0.298 e. The topological polar surface area (TPSA) is 106 Å². The highest BCUT2D eigenvalue weighted by Gasteiger charge is 2.37. The third-order valence-corrected chi connectivity index (χ3v) is 3.90. The van der Waals surface area contributed by atoms with Crippen molar-refractivity contribution in [2.24, 2.45) is 0 Å². The molecule has 10 heteroatoms. The van der Waals surface area contributed by atoms with Gasteiger partial charge in [0.05, 0.1) is 22.7 Å². The number of nitro groups is 1. The second-order valence-corrected chi connectivity index (χ2v) is 5.77. The van der Waals surface area contributed by atoms with E-state index in [-0.39, 0.29) is 22.3 Å². The van der Waals surface area contributed by atoms with Crippen molar-refractivity contribution in [1.82, 2.24) is 10.2 Å². The lowest BCUT2D eigenvalue weighted by Gasteiger charge is -2.13. The van der Waals surface area contributed by atoms with Gasteiger partial charge in [0.25, 0.3) is 17.4 Å². The molecule has 0 saturated heterocycles. The number of hydrogen-bond acceptors (Lipinski definition) is 7. The molecule has 1 aliphatic heterocycles. The first-order valence-electron chi connectivity index (χ1n) is 5.60. The first kappa shape index (κ1) is 13.6. The fraction of sp³-hybridized carbons (Fsp3) is 0.0909. The average Bonchev–Trinajstić information content (AvgIpc) is 2.96. The zero-order valence-electron chi connectivity index (χ0n) is 10.1. The van der Waals surface area contributed by atoms with E-state index >= 15 is 0 Å². The molecule has 2 aromatic rings. The molecule has 0 bridgehead atoms. The Labute approximate surface area is 126 Å². The molecule has 0 N–H and O–H groups in total. The van der Waals surface area contributed by atoms with Crippen LogP contribution in [0.1, 0.15) is 15.4 Å². The molecule has 21 heavy (non-hydrogen) atoms. The number of nitrogens with zero attached hydrogens (tertiary/aromatic N) is 4. The Morgan fingerprint density at radius 2 is 2.10 bits per heavy atom. The van der Waals surface area contributed by atoms with Crippen molar-refractivity contribution in [3.05, 3.63) is 43.4 Å². The highest BCUT2D eigenvalue weighted by atomic mass is 35.5. The maximum absolute atomic E-state index is 12.0. The molecule has 0 atom stereocenters. The summed E-state index contributed by atoms with van der Waals surface area (Å²) in [5, 5.41) is 18.6. The van der Waals surface area contributed by atoms with Crippen molar-refractivity contribution in [3.8, 4) is 0 Å². The normalized spacial score (nSPS) is 13.7. The average molecular weight is 325 g/mol. The van der Waals surface area contributed by atoms with Gasteiger partial charge in [-0.15, -0.1) is 10.2 Å². The first-order valence-corrected chi connectivity index (χ1v) is 6.79. The van der Waals surface area contributed by atoms with Crippen LogP contribution in [0.4, 0.5) is 11.4 Å². The number of benzene rings is 1. The van der Waals surface area contributed by atoms with E-state index in [4.69, 9.17) is 11.6 Å². The van der Waals surface area contributed by atoms with Crippen LogP contribution in [-0.2, 0) is 11.3 Å². The van der Waals surface area contributed by atoms with Crippen LogP contribution in [0, 0.1) is 10.1 Å². The molecule has 1 amide bonds. The largest absolute Gasteiger partial charge is 0.299 e. The Bertz CT molecular complexity index is 790. The van der Waals surface area contributed by atoms with Crippen molar-refractivity contribution < 1.29 is 14.5 Å². The molecule has 0 spiro atoms. The number of non-ortho nitro benzene ring substituents is 1. The van der Waals surface area contributed by atoms with Gasteiger partial charge in [-0.25, -0.2) is 0 Å². The molecular weight excluding hydrogens is 320 g/mol. The van der Waals surface area contributed by atoms with E-state index in [1.54, 1.807) is 0 Å². The Kier molecular flexibility index (Phi) is 3.15.